The molecule has 0 spiro atoms. The summed E-state index contributed by atoms with van der Waals surface area (Å²) in [7, 11) is 1.59. The number of nitrogens with one attached hydrogen (secondary N) is 1. The summed E-state index contributed by atoms with van der Waals surface area (Å²) in [5.74, 6) is 0.829. The number of carbonyl (C=O) groups is 1. The first-order valence-electron chi connectivity index (χ1n) is 8.24. The highest BCUT2D eigenvalue weighted by atomic mass is 79.9. The first kappa shape index (κ1) is 18.8. The summed E-state index contributed by atoms with van der Waals surface area (Å²) in [5, 5.41) is 2.79. The first-order chi connectivity index (χ1) is 13.0. The number of hydrogen-bond acceptors (Lipinski definition) is 4. The summed E-state index contributed by atoms with van der Waals surface area (Å²) in [6.45, 7) is 1.61. The molecule has 2 aromatic carbocycles. The minimum absolute atomic E-state index is 0.139. The molecule has 27 heavy (non-hydrogen) atoms. The molecule has 0 saturated carbocycles. The zero-order valence-corrected chi connectivity index (χ0v) is 16.5. The molecule has 0 fully saturated rings. The molecule has 0 aliphatic rings. The Labute approximate surface area is 165 Å². The Hall–Kier alpha value is -2.93. The van der Waals surface area contributed by atoms with Crippen molar-refractivity contribution in [3.8, 4) is 17.1 Å². The van der Waals surface area contributed by atoms with Gasteiger partial charge in [-0.15, -0.1) is 0 Å². The molecule has 0 saturated heterocycles. The highest BCUT2D eigenvalue weighted by molar-refractivity contribution is 9.10. The number of anilines is 1. The predicted molar refractivity (Wildman–Crippen MR) is 108 cm³/mol. The minimum Gasteiger partial charge on any atom is -0.497 e. The van der Waals surface area contributed by atoms with E-state index in [-0.39, 0.29) is 18.0 Å². The van der Waals surface area contributed by atoms with Crippen LogP contribution in [0.5, 0.6) is 5.75 Å². The van der Waals surface area contributed by atoms with Crippen molar-refractivity contribution >= 4 is 27.5 Å². The number of benzene rings is 2. The largest absolute Gasteiger partial charge is 0.497 e. The van der Waals surface area contributed by atoms with Crippen LogP contribution in [0.4, 0.5) is 5.69 Å². The fourth-order valence-electron chi connectivity index (χ4n) is 2.64. The molecule has 0 atom stereocenters. The van der Waals surface area contributed by atoms with Crippen molar-refractivity contribution < 1.29 is 9.53 Å². The molecule has 1 amide bonds. The van der Waals surface area contributed by atoms with Gasteiger partial charge in [0, 0.05) is 27.5 Å². The van der Waals surface area contributed by atoms with Crippen LogP contribution in [0.25, 0.3) is 11.4 Å². The van der Waals surface area contributed by atoms with Gasteiger partial charge in [-0.3, -0.25) is 14.2 Å². The van der Waals surface area contributed by atoms with Gasteiger partial charge in [0.05, 0.1) is 7.11 Å². The Balaban J connectivity index is 1.92. The standard InChI is InChI=1S/C20H18BrN3O3/c1-13-10-19(26)24(12-18(25)23-16-5-3-4-15(21)11-16)20(22-13)14-6-8-17(27-2)9-7-14/h3-11H,12H2,1-2H3,(H,23,25). The molecule has 3 aromatic rings. The Morgan fingerprint density at radius 1 is 1.19 bits per heavy atom. The summed E-state index contributed by atoms with van der Waals surface area (Å²) < 4.78 is 7.38. The molecule has 1 N–H and O–H groups in total. The molecule has 0 radical (unpaired) electrons. The molecule has 0 bridgehead atoms. The van der Waals surface area contributed by atoms with Gasteiger partial charge in [-0.2, -0.15) is 0 Å². The highest BCUT2D eigenvalue weighted by Gasteiger charge is 2.13. The lowest BCUT2D eigenvalue weighted by Crippen LogP contribution is -2.29. The van der Waals surface area contributed by atoms with E-state index in [0.29, 0.717) is 23.0 Å². The van der Waals surface area contributed by atoms with Crippen LogP contribution in [0.15, 0.2) is 63.9 Å². The summed E-state index contributed by atoms with van der Waals surface area (Å²) in [6, 6.07) is 15.9. The van der Waals surface area contributed by atoms with Crippen LogP contribution in [0.2, 0.25) is 0 Å². The molecule has 0 aliphatic heterocycles. The quantitative estimate of drug-likeness (QED) is 0.674. The van der Waals surface area contributed by atoms with E-state index in [4.69, 9.17) is 4.74 Å². The third-order valence-electron chi connectivity index (χ3n) is 3.89. The smallest absolute Gasteiger partial charge is 0.254 e. The van der Waals surface area contributed by atoms with Crippen molar-refractivity contribution in [2.24, 2.45) is 0 Å². The average molecular weight is 428 g/mol. The molecular weight excluding hydrogens is 410 g/mol. The normalized spacial score (nSPS) is 10.5. The number of methoxy groups -OCH3 is 1. The van der Waals surface area contributed by atoms with Crippen LogP contribution < -0.4 is 15.6 Å². The number of carbonyl (C=O) groups excluding carboxylic acids is 1. The molecule has 0 unspecified atom stereocenters. The third kappa shape index (κ3) is 4.62. The average Bonchev–Trinajstić information content (AvgIpc) is 2.64. The predicted octanol–water partition coefficient (Wildman–Crippen LogP) is 3.63. The molecular formula is C20H18BrN3O3. The third-order valence-corrected chi connectivity index (χ3v) is 4.39. The number of hydrogen-bond donors (Lipinski definition) is 1. The van der Waals surface area contributed by atoms with Crippen LogP contribution in [0.1, 0.15) is 5.69 Å². The lowest BCUT2D eigenvalue weighted by Gasteiger charge is -2.13. The second kappa shape index (κ2) is 8.18. The van der Waals surface area contributed by atoms with E-state index in [1.54, 1.807) is 38.3 Å². The van der Waals surface area contributed by atoms with Crippen LogP contribution in [-0.2, 0) is 11.3 Å². The van der Waals surface area contributed by atoms with Crippen molar-refractivity contribution in [3.63, 3.8) is 0 Å². The van der Waals surface area contributed by atoms with Gasteiger partial charge in [-0.1, -0.05) is 22.0 Å². The van der Waals surface area contributed by atoms with E-state index in [1.807, 2.05) is 24.3 Å². The molecule has 0 aliphatic carbocycles. The number of nitrogens with zero attached hydrogens (tertiary/aromatic N) is 2. The Bertz CT molecular complexity index is 1030. The highest BCUT2D eigenvalue weighted by Crippen LogP contribution is 2.20. The molecule has 138 valence electrons. The van der Waals surface area contributed by atoms with E-state index in [2.05, 4.69) is 26.2 Å². The van der Waals surface area contributed by atoms with Gasteiger partial charge >= 0.3 is 0 Å². The molecule has 3 rings (SSSR count). The zero-order valence-electron chi connectivity index (χ0n) is 14.9. The Morgan fingerprint density at radius 2 is 1.93 bits per heavy atom. The molecule has 1 heterocycles. The summed E-state index contributed by atoms with van der Waals surface area (Å²) >= 11 is 3.37. The summed E-state index contributed by atoms with van der Waals surface area (Å²) in [5.41, 5.74) is 1.69. The van der Waals surface area contributed by atoms with Crippen LogP contribution >= 0.6 is 15.9 Å². The summed E-state index contributed by atoms with van der Waals surface area (Å²) in [6.07, 6.45) is 0. The van der Waals surface area contributed by atoms with Gasteiger partial charge in [0.15, 0.2) is 0 Å². The molecule has 7 heteroatoms. The van der Waals surface area contributed by atoms with E-state index in [9.17, 15) is 9.59 Å². The monoisotopic (exact) mass is 427 g/mol. The number of rotatable bonds is 5. The van der Waals surface area contributed by atoms with Gasteiger partial charge in [0.2, 0.25) is 5.91 Å². The Kier molecular flexibility index (Phi) is 5.71. The van der Waals surface area contributed by atoms with Crippen LogP contribution in [0, 0.1) is 6.92 Å². The number of amides is 1. The maximum atomic E-state index is 12.5. The van der Waals surface area contributed by atoms with Crippen LogP contribution in [0.3, 0.4) is 0 Å². The Morgan fingerprint density at radius 3 is 2.59 bits per heavy atom. The summed E-state index contributed by atoms with van der Waals surface area (Å²) in [4.78, 5) is 29.5. The van der Waals surface area contributed by atoms with Crippen molar-refractivity contribution in [1.29, 1.82) is 0 Å². The lowest BCUT2D eigenvalue weighted by molar-refractivity contribution is -0.116. The van der Waals surface area contributed by atoms with Gasteiger partial charge < -0.3 is 10.1 Å². The number of aromatic nitrogens is 2. The fraction of sp³-hybridized carbons (Fsp3) is 0.150. The number of ether oxygens (including phenoxy) is 1. The van der Waals surface area contributed by atoms with E-state index in [0.717, 1.165) is 10.0 Å². The number of halogens is 1. The molecule has 1 aromatic heterocycles. The lowest BCUT2D eigenvalue weighted by atomic mass is 10.2. The van der Waals surface area contributed by atoms with Crippen LogP contribution in [-0.4, -0.2) is 22.6 Å². The van der Waals surface area contributed by atoms with E-state index >= 15 is 0 Å². The van der Waals surface area contributed by atoms with Gasteiger partial charge in [0.1, 0.15) is 18.1 Å². The molecule has 6 nitrogen and oxygen atoms in total. The van der Waals surface area contributed by atoms with E-state index < -0.39 is 0 Å². The van der Waals surface area contributed by atoms with Crippen molar-refractivity contribution in [2.45, 2.75) is 13.5 Å². The maximum absolute atomic E-state index is 12.5. The second-order valence-electron chi connectivity index (χ2n) is 5.93. The van der Waals surface area contributed by atoms with Crippen molar-refractivity contribution in [2.75, 3.05) is 12.4 Å². The van der Waals surface area contributed by atoms with E-state index in [1.165, 1.54) is 10.6 Å². The first-order valence-corrected chi connectivity index (χ1v) is 9.04. The minimum atomic E-state index is -0.310. The fourth-order valence-corrected chi connectivity index (χ4v) is 3.04. The second-order valence-corrected chi connectivity index (χ2v) is 6.85. The zero-order chi connectivity index (χ0) is 19.4. The topological polar surface area (TPSA) is 73.2 Å². The maximum Gasteiger partial charge on any atom is 0.254 e. The number of aryl methyl sites for hydroxylation is 1. The van der Waals surface area contributed by atoms with Gasteiger partial charge in [-0.25, -0.2) is 4.98 Å². The SMILES string of the molecule is COc1ccc(-c2nc(C)cc(=O)n2CC(=O)Nc2cccc(Br)c2)cc1. The van der Waals surface area contributed by atoms with Gasteiger partial charge in [0.25, 0.3) is 5.56 Å². The van der Waals surface area contributed by atoms with Crippen molar-refractivity contribution in [3.05, 3.63) is 75.1 Å². The van der Waals surface area contributed by atoms with Gasteiger partial charge in [-0.05, 0) is 49.4 Å². The van der Waals surface area contributed by atoms with Crippen molar-refractivity contribution in [1.82, 2.24) is 9.55 Å².